The molecule has 2 rings (SSSR count). The zero-order valence-corrected chi connectivity index (χ0v) is 11.7. The summed E-state index contributed by atoms with van der Waals surface area (Å²) in [6, 6.07) is 13.6. The first kappa shape index (κ1) is 14.4. The average molecular weight is 309 g/mol. The summed E-state index contributed by atoms with van der Waals surface area (Å²) in [4.78, 5) is 16.1. The summed E-state index contributed by atoms with van der Waals surface area (Å²) in [5, 5.41) is 7.30. The first-order valence-corrected chi connectivity index (χ1v) is 6.41. The van der Waals surface area contributed by atoms with Gasteiger partial charge in [0.2, 0.25) is 0 Å². The Morgan fingerprint density at radius 1 is 1.00 bits per heavy atom. The van der Waals surface area contributed by atoms with Gasteiger partial charge < -0.3 is 0 Å². The molecule has 0 radical (unpaired) electrons. The standard InChI is InChI=1S/C14H10Cl2N2O2/c15-11-3-1-10(2-4-11)9-17-20-14(19)18-13-7-5-12(16)6-8-13/h1-9H,(H,18,19)/b17-9-. The predicted molar refractivity (Wildman–Crippen MR) is 80.6 cm³/mol. The van der Waals surface area contributed by atoms with Crippen molar-refractivity contribution in [2.24, 2.45) is 5.16 Å². The molecular formula is C14H10Cl2N2O2. The van der Waals surface area contributed by atoms with Gasteiger partial charge in [0.15, 0.2) is 0 Å². The van der Waals surface area contributed by atoms with Gasteiger partial charge in [-0.25, -0.2) is 4.79 Å². The molecule has 0 unspecified atom stereocenters. The van der Waals surface area contributed by atoms with Crippen LogP contribution in [0.15, 0.2) is 53.7 Å². The Bertz CT molecular complexity index is 610. The molecule has 0 aromatic heterocycles. The Balaban J connectivity index is 1.85. The van der Waals surface area contributed by atoms with E-state index in [1.54, 1.807) is 48.5 Å². The van der Waals surface area contributed by atoms with Crippen molar-refractivity contribution in [1.29, 1.82) is 0 Å². The van der Waals surface area contributed by atoms with E-state index in [-0.39, 0.29) is 0 Å². The molecule has 102 valence electrons. The van der Waals surface area contributed by atoms with E-state index in [1.165, 1.54) is 6.21 Å². The SMILES string of the molecule is O=C(Nc1ccc(Cl)cc1)O/N=C\c1ccc(Cl)cc1. The van der Waals surface area contributed by atoms with E-state index >= 15 is 0 Å². The average Bonchev–Trinajstić information content (AvgIpc) is 2.44. The number of amides is 1. The van der Waals surface area contributed by atoms with Gasteiger partial charge in [-0.05, 0) is 42.0 Å². The lowest BCUT2D eigenvalue weighted by molar-refractivity contribution is 0.167. The summed E-state index contributed by atoms with van der Waals surface area (Å²) in [6.45, 7) is 0. The van der Waals surface area contributed by atoms with Gasteiger partial charge in [0.05, 0.1) is 6.21 Å². The highest BCUT2D eigenvalue weighted by Crippen LogP contribution is 2.13. The lowest BCUT2D eigenvalue weighted by atomic mass is 10.2. The van der Waals surface area contributed by atoms with Gasteiger partial charge in [-0.3, -0.25) is 10.2 Å². The summed E-state index contributed by atoms with van der Waals surface area (Å²) >= 11 is 11.5. The molecular weight excluding hydrogens is 299 g/mol. The Morgan fingerprint density at radius 3 is 2.15 bits per heavy atom. The van der Waals surface area contributed by atoms with Gasteiger partial charge in [0.25, 0.3) is 0 Å². The monoisotopic (exact) mass is 308 g/mol. The van der Waals surface area contributed by atoms with Gasteiger partial charge in [0, 0.05) is 15.7 Å². The minimum absolute atomic E-state index is 0.570. The number of hydrogen-bond donors (Lipinski definition) is 1. The smallest absolute Gasteiger partial charge is 0.298 e. The number of benzene rings is 2. The highest BCUT2D eigenvalue weighted by atomic mass is 35.5. The van der Waals surface area contributed by atoms with Crippen LogP contribution in [0.2, 0.25) is 10.0 Å². The highest BCUT2D eigenvalue weighted by molar-refractivity contribution is 6.30. The van der Waals surface area contributed by atoms with Crippen molar-refractivity contribution in [3.8, 4) is 0 Å². The van der Waals surface area contributed by atoms with Crippen LogP contribution in [-0.4, -0.2) is 12.3 Å². The van der Waals surface area contributed by atoms with Gasteiger partial charge in [-0.15, -0.1) is 0 Å². The predicted octanol–water partition coefficient (Wildman–Crippen LogP) is 4.58. The van der Waals surface area contributed by atoms with Crippen LogP contribution in [0.4, 0.5) is 10.5 Å². The molecule has 0 spiro atoms. The zero-order chi connectivity index (χ0) is 14.4. The van der Waals surface area contributed by atoms with Crippen molar-refractivity contribution >= 4 is 41.2 Å². The number of oxime groups is 1. The van der Waals surface area contributed by atoms with Crippen LogP contribution in [0.3, 0.4) is 0 Å². The third-order valence-corrected chi connectivity index (χ3v) is 2.80. The number of hydrogen-bond acceptors (Lipinski definition) is 3. The Morgan fingerprint density at radius 2 is 1.55 bits per heavy atom. The maximum atomic E-state index is 11.4. The normalized spacial score (nSPS) is 10.5. The number of halogens is 2. The minimum atomic E-state index is -0.683. The summed E-state index contributed by atoms with van der Waals surface area (Å²) in [5.41, 5.74) is 1.34. The summed E-state index contributed by atoms with van der Waals surface area (Å²) in [5.74, 6) is 0. The molecule has 0 saturated heterocycles. The van der Waals surface area contributed by atoms with Crippen molar-refractivity contribution in [2.75, 3.05) is 5.32 Å². The largest absolute Gasteiger partial charge is 0.437 e. The topological polar surface area (TPSA) is 50.7 Å². The quantitative estimate of drug-likeness (QED) is 0.513. The molecule has 6 heteroatoms. The fraction of sp³-hybridized carbons (Fsp3) is 0. The number of anilines is 1. The number of carbonyl (C=O) groups excluding carboxylic acids is 1. The third-order valence-electron chi connectivity index (χ3n) is 2.30. The van der Waals surface area contributed by atoms with Crippen LogP contribution in [0.5, 0.6) is 0 Å². The van der Waals surface area contributed by atoms with Crippen molar-refractivity contribution in [3.63, 3.8) is 0 Å². The van der Waals surface area contributed by atoms with Gasteiger partial charge >= 0.3 is 6.09 Å². The number of nitrogens with one attached hydrogen (secondary N) is 1. The highest BCUT2D eigenvalue weighted by Gasteiger charge is 2.01. The van der Waals surface area contributed by atoms with Crippen molar-refractivity contribution < 1.29 is 9.63 Å². The van der Waals surface area contributed by atoms with E-state index in [0.29, 0.717) is 15.7 Å². The van der Waals surface area contributed by atoms with E-state index in [2.05, 4.69) is 15.3 Å². The molecule has 4 nitrogen and oxygen atoms in total. The molecule has 20 heavy (non-hydrogen) atoms. The number of rotatable bonds is 3. The molecule has 0 aliphatic rings. The molecule has 0 aliphatic carbocycles. The van der Waals surface area contributed by atoms with Crippen LogP contribution in [-0.2, 0) is 4.84 Å². The second kappa shape index (κ2) is 6.93. The van der Waals surface area contributed by atoms with Crippen LogP contribution in [0.1, 0.15) is 5.56 Å². The lowest BCUT2D eigenvalue weighted by Crippen LogP contribution is -2.10. The molecule has 0 saturated carbocycles. The first-order chi connectivity index (χ1) is 9.63. The van der Waals surface area contributed by atoms with Crippen molar-refractivity contribution in [1.82, 2.24) is 0 Å². The summed E-state index contributed by atoms with van der Waals surface area (Å²) in [7, 11) is 0. The maximum Gasteiger partial charge on any atom is 0.437 e. The number of nitrogens with zero attached hydrogens (tertiary/aromatic N) is 1. The Labute approximate surface area is 125 Å². The third kappa shape index (κ3) is 4.57. The molecule has 0 atom stereocenters. The number of carbonyl (C=O) groups is 1. The van der Waals surface area contributed by atoms with E-state index in [1.807, 2.05) is 0 Å². The van der Waals surface area contributed by atoms with Crippen LogP contribution < -0.4 is 5.32 Å². The van der Waals surface area contributed by atoms with Crippen molar-refractivity contribution in [3.05, 3.63) is 64.1 Å². The molecule has 1 amide bonds. The summed E-state index contributed by atoms with van der Waals surface area (Å²) < 4.78 is 0. The fourth-order valence-corrected chi connectivity index (χ4v) is 1.61. The van der Waals surface area contributed by atoms with Gasteiger partial charge in [-0.1, -0.05) is 40.5 Å². The van der Waals surface area contributed by atoms with E-state index in [4.69, 9.17) is 23.2 Å². The fourth-order valence-electron chi connectivity index (χ4n) is 1.36. The van der Waals surface area contributed by atoms with E-state index in [9.17, 15) is 4.79 Å². The van der Waals surface area contributed by atoms with Crippen molar-refractivity contribution in [2.45, 2.75) is 0 Å². The first-order valence-electron chi connectivity index (χ1n) is 5.66. The molecule has 0 fully saturated rings. The maximum absolute atomic E-state index is 11.4. The molecule has 0 aliphatic heterocycles. The van der Waals surface area contributed by atoms with Crippen LogP contribution in [0, 0.1) is 0 Å². The molecule has 1 N–H and O–H groups in total. The Kier molecular flexibility index (Phi) is 4.98. The molecule has 0 heterocycles. The second-order valence-electron chi connectivity index (χ2n) is 3.80. The Hall–Kier alpha value is -2.04. The van der Waals surface area contributed by atoms with E-state index < -0.39 is 6.09 Å². The van der Waals surface area contributed by atoms with Crippen LogP contribution >= 0.6 is 23.2 Å². The van der Waals surface area contributed by atoms with Crippen LogP contribution in [0.25, 0.3) is 0 Å². The zero-order valence-electron chi connectivity index (χ0n) is 10.2. The van der Waals surface area contributed by atoms with Gasteiger partial charge in [0.1, 0.15) is 0 Å². The van der Waals surface area contributed by atoms with Gasteiger partial charge in [-0.2, -0.15) is 0 Å². The second-order valence-corrected chi connectivity index (χ2v) is 4.67. The minimum Gasteiger partial charge on any atom is -0.298 e. The molecule has 2 aromatic carbocycles. The molecule has 2 aromatic rings. The summed E-state index contributed by atoms with van der Waals surface area (Å²) in [6.07, 6.45) is 0.732. The van der Waals surface area contributed by atoms with E-state index in [0.717, 1.165) is 5.56 Å². The molecule has 0 bridgehead atoms. The lowest BCUT2D eigenvalue weighted by Gasteiger charge is -2.02.